The Kier molecular flexibility index (Phi) is 7.49. The summed E-state index contributed by atoms with van der Waals surface area (Å²) in [7, 11) is 0. The molecule has 0 aromatic carbocycles. The zero-order chi connectivity index (χ0) is 21.3. The summed E-state index contributed by atoms with van der Waals surface area (Å²) in [6.45, 7) is 3.02. The summed E-state index contributed by atoms with van der Waals surface area (Å²) >= 11 is 0. The van der Waals surface area contributed by atoms with Crippen molar-refractivity contribution in [1.29, 1.82) is 0 Å². The third kappa shape index (κ3) is 6.52. The fraction of sp³-hybridized carbons (Fsp3) is 0.545. The molecule has 9 heteroatoms. The molecule has 3 heterocycles. The van der Waals surface area contributed by atoms with E-state index < -0.39 is 0 Å². The lowest BCUT2D eigenvalue weighted by molar-refractivity contribution is -0.0815. The quantitative estimate of drug-likeness (QED) is 0.726. The van der Waals surface area contributed by atoms with Gasteiger partial charge in [0.05, 0.1) is 25.9 Å². The molecule has 166 valence electrons. The summed E-state index contributed by atoms with van der Waals surface area (Å²) in [4.78, 5) is 32.4. The van der Waals surface area contributed by atoms with E-state index in [9.17, 15) is 4.79 Å². The molecule has 2 aromatic heterocycles. The maximum absolute atomic E-state index is 12.4. The maximum atomic E-state index is 12.4. The number of carbonyl (C=O) groups is 1. The van der Waals surface area contributed by atoms with Gasteiger partial charge < -0.3 is 14.5 Å². The van der Waals surface area contributed by atoms with Crippen molar-refractivity contribution in [2.45, 2.75) is 38.5 Å². The first kappa shape index (κ1) is 21.3. The number of hydrogen-bond donors (Lipinski definition) is 1. The molecule has 4 rings (SSSR count). The van der Waals surface area contributed by atoms with Gasteiger partial charge in [0, 0.05) is 43.8 Å². The molecule has 0 radical (unpaired) electrons. The van der Waals surface area contributed by atoms with Crippen LogP contribution in [0.3, 0.4) is 0 Å². The van der Waals surface area contributed by atoms with Crippen LogP contribution in [0.25, 0.3) is 0 Å². The number of carbonyl (C=O) groups excluding carboxylic acids is 1. The Morgan fingerprint density at radius 2 is 1.90 bits per heavy atom. The number of piperazine rings is 1. The van der Waals surface area contributed by atoms with E-state index in [1.807, 2.05) is 17.2 Å². The van der Waals surface area contributed by atoms with Crippen LogP contribution in [0.15, 0.2) is 36.9 Å². The van der Waals surface area contributed by atoms with Gasteiger partial charge in [0.25, 0.3) is 0 Å². The van der Waals surface area contributed by atoms with Crippen LogP contribution in [0, 0.1) is 5.92 Å². The highest BCUT2D eigenvalue weighted by Crippen LogP contribution is 2.26. The van der Waals surface area contributed by atoms with E-state index in [2.05, 4.69) is 20.3 Å². The minimum absolute atomic E-state index is 0.183. The number of anilines is 1. The number of pyridine rings is 1. The molecule has 0 spiro atoms. The van der Waals surface area contributed by atoms with Gasteiger partial charge in [-0.25, -0.2) is 14.8 Å². The summed E-state index contributed by atoms with van der Waals surface area (Å²) in [5, 5.41) is 4.61. The molecule has 0 unspecified atom stereocenters. The van der Waals surface area contributed by atoms with Crippen molar-refractivity contribution in [2.75, 3.05) is 38.1 Å². The summed E-state index contributed by atoms with van der Waals surface area (Å²) in [6, 6.07) is 3.47. The monoisotopic (exact) mass is 426 g/mol. The number of ether oxygens (including phenoxy) is 1. The van der Waals surface area contributed by atoms with Crippen LogP contribution in [0.5, 0.6) is 11.6 Å². The lowest BCUT2D eigenvalue weighted by Crippen LogP contribution is -2.51. The molecule has 0 bridgehead atoms. The molecule has 1 saturated heterocycles. The van der Waals surface area contributed by atoms with Crippen LogP contribution in [0.1, 0.15) is 38.5 Å². The molecular formula is C22H30N6O3. The second-order valence-electron chi connectivity index (χ2n) is 8.00. The highest BCUT2D eigenvalue weighted by molar-refractivity contribution is 5.88. The first-order valence-electron chi connectivity index (χ1n) is 11.1. The van der Waals surface area contributed by atoms with Gasteiger partial charge in [-0.2, -0.15) is 0 Å². The Bertz CT molecular complexity index is 823. The average Bonchev–Trinajstić information content (AvgIpc) is 2.81. The summed E-state index contributed by atoms with van der Waals surface area (Å²) in [5.74, 6) is 2.52. The van der Waals surface area contributed by atoms with Crippen molar-refractivity contribution in [3.05, 3.63) is 36.9 Å². The molecule has 2 aromatic rings. The van der Waals surface area contributed by atoms with Crippen LogP contribution in [-0.4, -0.2) is 63.7 Å². The van der Waals surface area contributed by atoms with E-state index in [0.717, 1.165) is 12.3 Å². The number of urea groups is 1. The zero-order valence-corrected chi connectivity index (χ0v) is 17.8. The first-order valence-corrected chi connectivity index (χ1v) is 11.1. The zero-order valence-electron chi connectivity index (χ0n) is 17.8. The number of rotatable bonds is 7. The summed E-state index contributed by atoms with van der Waals surface area (Å²) in [6.07, 6.45) is 14.1. The van der Waals surface area contributed by atoms with E-state index in [4.69, 9.17) is 9.57 Å². The van der Waals surface area contributed by atoms with Crippen LogP contribution >= 0.6 is 0 Å². The number of hydrogen-bond acceptors (Lipinski definition) is 7. The summed E-state index contributed by atoms with van der Waals surface area (Å²) < 4.78 is 5.86. The van der Waals surface area contributed by atoms with Gasteiger partial charge in [-0.05, 0) is 12.3 Å². The van der Waals surface area contributed by atoms with Crippen LogP contribution in [0.2, 0.25) is 0 Å². The third-order valence-corrected chi connectivity index (χ3v) is 5.77. The number of hydroxylamine groups is 2. The fourth-order valence-corrected chi connectivity index (χ4v) is 4.02. The minimum Gasteiger partial charge on any atom is -0.478 e. The number of nitrogens with one attached hydrogen (secondary N) is 1. The number of nitrogens with zero attached hydrogens (tertiary/aromatic N) is 5. The van der Waals surface area contributed by atoms with Gasteiger partial charge in [0.15, 0.2) is 11.6 Å². The van der Waals surface area contributed by atoms with Crippen molar-refractivity contribution < 1.29 is 14.4 Å². The highest BCUT2D eigenvalue weighted by atomic mass is 16.7. The second kappa shape index (κ2) is 10.9. The van der Waals surface area contributed by atoms with E-state index in [1.165, 1.54) is 38.3 Å². The number of amides is 2. The molecule has 0 atom stereocenters. The largest absolute Gasteiger partial charge is 0.478 e. The standard InChI is InChI=1S/C22H30N6O3/c29-22(26-20-17-23-9-10-24-20)27-11-13-28(14-12-27)31-19-6-8-25-21(16-19)30-15-7-18-4-2-1-3-5-18/h6,8-10,16-18H,1-5,7,11-15H2,(H,24,26,29). The normalized spacial score (nSPS) is 17.9. The molecule has 1 saturated carbocycles. The van der Waals surface area contributed by atoms with Gasteiger partial charge in [-0.15, -0.1) is 5.06 Å². The Labute approximate surface area is 182 Å². The van der Waals surface area contributed by atoms with E-state index in [1.54, 1.807) is 23.5 Å². The van der Waals surface area contributed by atoms with Crippen LogP contribution < -0.4 is 14.9 Å². The van der Waals surface area contributed by atoms with E-state index in [0.29, 0.717) is 50.2 Å². The molecule has 9 nitrogen and oxygen atoms in total. The molecule has 1 N–H and O–H groups in total. The average molecular weight is 427 g/mol. The van der Waals surface area contributed by atoms with Crippen molar-refractivity contribution in [3.8, 4) is 11.6 Å². The lowest BCUT2D eigenvalue weighted by Gasteiger charge is -2.33. The predicted octanol–water partition coefficient (Wildman–Crippen LogP) is 3.36. The molecule has 2 amide bonds. The Morgan fingerprint density at radius 1 is 1.06 bits per heavy atom. The molecule has 2 aliphatic rings. The number of aromatic nitrogens is 3. The molecule has 1 aliphatic carbocycles. The predicted molar refractivity (Wildman–Crippen MR) is 116 cm³/mol. The third-order valence-electron chi connectivity index (χ3n) is 5.77. The van der Waals surface area contributed by atoms with Crippen molar-refractivity contribution in [1.82, 2.24) is 24.9 Å². The Morgan fingerprint density at radius 3 is 2.68 bits per heavy atom. The molecule has 31 heavy (non-hydrogen) atoms. The van der Waals surface area contributed by atoms with Gasteiger partial charge in [0.1, 0.15) is 0 Å². The van der Waals surface area contributed by atoms with Gasteiger partial charge in [0.2, 0.25) is 5.88 Å². The van der Waals surface area contributed by atoms with Crippen LogP contribution in [0.4, 0.5) is 10.6 Å². The topological polar surface area (TPSA) is 92.7 Å². The van der Waals surface area contributed by atoms with Gasteiger partial charge in [-0.3, -0.25) is 10.3 Å². The van der Waals surface area contributed by atoms with Crippen molar-refractivity contribution in [2.24, 2.45) is 5.92 Å². The van der Waals surface area contributed by atoms with Crippen molar-refractivity contribution in [3.63, 3.8) is 0 Å². The fourth-order valence-electron chi connectivity index (χ4n) is 4.02. The van der Waals surface area contributed by atoms with E-state index in [-0.39, 0.29) is 6.03 Å². The smallest absolute Gasteiger partial charge is 0.323 e. The lowest BCUT2D eigenvalue weighted by atomic mass is 9.87. The highest BCUT2D eigenvalue weighted by Gasteiger charge is 2.23. The molecule has 1 aliphatic heterocycles. The first-order chi connectivity index (χ1) is 15.3. The minimum atomic E-state index is -0.183. The van der Waals surface area contributed by atoms with Crippen molar-refractivity contribution >= 4 is 11.8 Å². The Hall–Kier alpha value is -2.94. The maximum Gasteiger partial charge on any atom is 0.323 e. The molecule has 2 fully saturated rings. The van der Waals surface area contributed by atoms with Gasteiger partial charge in [-0.1, -0.05) is 32.1 Å². The second-order valence-corrected chi connectivity index (χ2v) is 8.00. The van der Waals surface area contributed by atoms with E-state index >= 15 is 0 Å². The Balaban J connectivity index is 1.19. The summed E-state index contributed by atoms with van der Waals surface area (Å²) in [5.41, 5.74) is 0. The van der Waals surface area contributed by atoms with Crippen LogP contribution in [-0.2, 0) is 0 Å². The SMILES string of the molecule is O=C(Nc1cnccn1)N1CCN(Oc2ccnc(OCCC3CCCCC3)c2)CC1. The van der Waals surface area contributed by atoms with Gasteiger partial charge >= 0.3 is 6.03 Å². The molecular weight excluding hydrogens is 396 g/mol.